The first-order valence-corrected chi connectivity index (χ1v) is 11.2. The van der Waals surface area contributed by atoms with Crippen LogP contribution in [0.2, 0.25) is 0 Å². The fourth-order valence-corrected chi connectivity index (χ4v) is 4.57. The molecule has 1 fully saturated rings. The summed E-state index contributed by atoms with van der Waals surface area (Å²) in [5.41, 5.74) is 4.62. The number of aryl methyl sites for hydroxylation is 1. The molecule has 0 bridgehead atoms. The van der Waals surface area contributed by atoms with Gasteiger partial charge in [0.25, 0.3) is 0 Å². The smallest absolute Gasteiger partial charge is 0.326 e. The van der Waals surface area contributed by atoms with Crippen molar-refractivity contribution in [1.29, 1.82) is 0 Å². The van der Waals surface area contributed by atoms with Crippen LogP contribution in [0.4, 0.5) is 9.18 Å². The van der Waals surface area contributed by atoms with E-state index in [0.29, 0.717) is 25.3 Å². The second-order valence-electron chi connectivity index (χ2n) is 8.59. The summed E-state index contributed by atoms with van der Waals surface area (Å²) in [6, 6.07) is 12.1. The minimum absolute atomic E-state index is 0.103. The second kappa shape index (κ2) is 8.78. The average molecular weight is 460 g/mol. The lowest BCUT2D eigenvalue weighted by Crippen LogP contribution is -2.54. The molecule has 1 saturated heterocycles. The van der Waals surface area contributed by atoms with Crippen LogP contribution in [0.15, 0.2) is 65.6 Å². The predicted molar refractivity (Wildman–Crippen MR) is 129 cm³/mol. The van der Waals surface area contributed by atoms with Crippen LogP contribution in [0.1, 0.15) is 29.3 Å². The Morgan fingerprint density at radius 1 is 1.18 bits per heavy atom. The third-order valence-corrected chi connectivity index (χ3v) is 6.22. The molecule has 0 N–H and O–H groups in total. The molecule has 0 saturated carbocycles. The molecule has 1 aromatic heterocycles. The molecule has 0 radical (unpaired) electrons. The molecule has 0 aliphatic carbocycles. The monoisotopic (exact) mass is 459 g/mol. The second-order valence-corrected chi connectivity index (χ2v) is 8.59. The van der Waals surface area contributed by atoms with E-state index in [1.807, 2.05) is 42.0 Å². The molecule has 2 aromatic carbocycles. The molecule has 2 aliphatic rings. The number of benzene rings is 2. The number of hydrogen-bond donors (Lipinski definition) is 0. The van der Waals surface area contributed by atoms with Crippen LogP contribution in [0.25, 0.3) is 11.8 Å². The van der Waals surface area contributed by atoms with Crippen molar-refractivity contribution in [3.63, 3.8) is 0 Å². The van der Waals surface area contributed by atoms with E-state index in [2.05, 4.69) is 4.98 Å². The number of carbonyl (C=O) groups is 1. The fourth-order valence-electron chi connectivity index (χ4n) is 4.57. The maximum absolute atomic E-state index is 13.5. The normalized spacial score (nSPS) is 19.3. The van der Waals surface area contributed by atoms with Gasteiger partial charge in [0.15, 0.2) is 0 Å². The molecular formula is C26H26FN5O2. The molecular weight excluding hydrogens is 433 g/mol. The Labute approximate surface area is 197 Å². The minimum atomic E-state index is -0.292. The predicted octanol–water partition coefficient (Wildman–Crippen LogP) is 4.62. The Morgan fingerprint density at radius 3 is 2.68 bits per heavy atom. The molecule has 0 spiro atoms. The van der Waals surface area contributed by atoms with Crippen molar-refractivity contribution >= 4 is 17.9 Å². The Hall–Kier alpha value is -3.94. The summed E-state index contributed by atoms with van der Waals surface area (Å²) in [5.74, 6) is 1.11. The number of likely N-dealkylation sites (N-methyl/N-ethyl adjacent to an activating group) is 1. The third-order valence-electron chi connectivity index (χ3n) is 6.22. The number of rotatable bonds is 4. The summed E-state index contributed by atoms with van der Waals surface area (Å²) < 4.78 is 21.1. The van der Waals surface area contributed by atoms with Crippen LogP contribution >= 0.6 is 0 Å². The molecule has 2 amide bonds. The lowest BCUT2D eigenvalue weighted by atomic mass is 9.96. The van der Waals surface area contributed by atoms with Gasteiger partial charge in [0, 0.05) is 25.4 Å². The number of carbonyl (C=O) groups excluding carboxylic acids is 1. The molecule has 5 rings (SSSR count). The fraction of sp³-hybridized carbons (Fsp3) is 0.269. The highest BCUT2D eigenvalue weighted by atomic mass is 19.1. The number of halogens is 1. The van der Waals surface area contributed by atoms with Gasteiger partial charge in [-0.2, -0.15) is 0 Å². The van der Waals surface area contributed by atoms with E-state index in [0.717, 1.165) is 33.8 Å². The molecule has 3 aromatic rings. The third kappa shape index (κ3) is 3.96. The highest BCUT2D eigenvalue weighted by Gasteiger charge is 2.39. The first-order valence-electron chi connectivity index (χ1n) is 11.2. The number of amides is 2. The SMILES string of the molecule is COc1cc(C=C2CN(C)C(=O)N3C2=NCCC3c2ccc(F)cc2)ccc1-n1cnc(C)c1. The van der Waals surface area contributed by atoms with Crippen LogP contribution in [0.3, 0.4) is 0 Å². The largest absolute Gasteiger partial charge is 0.495 e. The summed E-state index contributed by atoms with van der Waals surface area (Å²) in [6.07, 6.45) is 6.45. The van der Waals surface area contributed by atoms with Crippen molar-refractivity contribution in [3.05, 3.63) is 83.2 Å². The number of aliphatic imine (C=N–C) groups is 1. The zero-order valence-electron chi connectivity index (χ0n) is 19.4. The summed E-state index contributed by atoms with van der Waals surface area (Å²) in [5, 5.41) is 0. The molecule has 3 heterocycles. The van der Waals surface area contributed by atoms with Gasteiger partial charge in [0.2, 0.25) is 0 Å². The number of nitrogens with zero attached hydrogens (tertiary/aromatic N) is 5. The number of methoxy groups -OCH3 is 1. The van der Waals surface area contributed by atoms with Gasteiger partial charge < -0.3 is 14.2 Å². The van der Waals surface area contributed by atoms with E-state index >= 15 is 0 Å². The van der Waals surface area contributed by atoms with Gasteiger partial charge in [0.05, 0.1) is 37.4 Å². The Bertz CT molecular complexity index is 1290. The lowest BCUT2D eigenvalue weighted by Gasteiger charge is -2.43. The van der Waals surface area contributed by atoms with Crippen LogP contribution in [0, 0.1) is 12.7 Å². The van der Waals surface area contributed by atoms with E-state index < -0.39 is 0 Å². The molecule has 1 atom stereocenters. The van der Waals surface area contributed by atoms with Gasteiger partial charge in [-0.3, -0.25) is 9.89 Å². The highest BCUT2D eigenvalue weighted by molar-refractivity contribution is 6.13. The maximum atomic E-state index is 13.5. The summed E-state index contributed by atoms with van der Waals surface area (Å²) in [4.78, 5) is 25.6. The van der Waals surface area contributed by atoms with Gasteiger partial charge in [0.1, 0.15) is 17.4 Å². The van der Waals surface area contributed by atoms with Crippen LogP contribution in [0.5, 0.6) is 5.75 Å². The summed E-state index contributed by atoms with van der Waals surface area (Å²) in [6.45, 7) is 3.00. The van der Waals surface area contributed by atoms with Crippen LogP contribution in [-0.2, 0) is 0 Å². The molecule has 34 heavy (non-hydrogen) atoms. The van der Waals surface area contributed by atoms with Gasteiger partial charge >= 0.3 is 6.03 Å². The topological polar surface area (TPSA) is 63.0 Å². The van der Waals surface area contributed by atoms with Gasteiger partial charge in [-0.25, -0.2) is 14.2 Å². The summed E-state index contributed by atoms with van der Waals surface area (Å²) in [7, 11) is 3.43. The average Bonchev–Trinajstić information content (AvgIpc) is 3.28. The van der Waals surface area contributed by atoms with E-state index in [-0.39, 0.29) is 17.9 Å². The number of fused-ring (bicyclic) bond motifs is 1. The number of hydrogen-bond acceptors (Lipinski definition) is 4. The van der Waals surface area contributed by atoms with Crippen LogP contribution in [-0.4, -0.2) is 58.5 Å². The quantitative estimate of drug-likeness (QED) is 0.572. The van der Waals surface area contributed by atoms with Crippen molar-refractivity contribution in [2.24, 2.45) is 4.99 Å². The number of ether oxygens (including phenoxy) is 1. The van der Waals surface area contributed by atoms with E-state index in [4.69, 9.17) is 9.73 Å². The Morgan fingerprint density at radius 2 is 1.97 bits per heavy atom. The molecule has 7 nitrogen and oxygen atoms in total. The van der Waals surface area contributed by atoms with Crippen molar-refractivity contribution in [1.82, 2.24) is 19.4 Å². The number of amidine groups is 1. The van der Waals surface area contributed by atoms with Crippen molar-refractivity contribution in [3.8, 4) is 11.4 Å². The van der Waals surface area contributed by atoms with E-state index in [9.17, 15) is 9.18 Å². The number of urea groups is 1. The van der Waals surface area contributed by atoms with Gasteiger partial charge in [-0.1, -0.05) is 18.2 Å². The van der Waals surface area contributed by atoms with Crippen molar-refractivity contribution < 1.29 is 13.9 Å². The molecule has 2 aliphatic heterocycles. The zero-order valence-corrected chi connectivity index (χ0v) is 19.4. The zero-order chi connectivity index (χ0) is 23.8. The van der Waals surface area contributed by atoms with Crippen molar-refractivity contribution in [2.75, 3.05) is 27.2 Å². The van der Waals surface area contributed by atoms with Gasteiger partial charge in [-0.05, 0) is 54.8 Å². The number of imidazole rings is 1. The molecule has 1 unspecified atom stereocenters. The Kier molecular flexibility index (Phi) is 5.65. The maximum Gasteiger partial charge on any atom is 0.326 e. The van der Waals surface area contributed by atoms with Crippen LogP contribution < -0.4 is 4.74 Å². The van der Waals surface area contributed by atoms with Gasteiger partial charge in [-0.15, -0.1) is 0 Å². The first-order chi connectivity index (χ1) is 16.4. The minimum Gasteiger partial charge on any atom is -0.495 e. The van der Waals surface area contributed by atoms with E-state index in [1.165, 1.54) is 12.1 Å². The Balaban J connectivity index is 1.51. The van der Waals surface area contributed by atoms with Crippen molar-refractivity contribution in [2.45, 2.75) is 19.4 Å². The standard InChI is InChI=1S/C26H26FN5O2/c1-17-14-31(16-29-17)23-9-4-18(13-24(23)34-3)12-20-15-30(2)26(33)32-22(10-11-28-25(20)32)19-5-7-21(27)8-6-19/h4-9,12-14,16,22H,10-11,15H2,1-3H3. The van der Waals surface area contributed by atoms with E-state index in [1.54, 1.807) is 42.4 Å². The summed E-state index contributed by atoms with van der Waals surface area (Å²) >= 11 is 0. The molecule has 174 valence electrons. The number of aromatic nitrogens is 2. The highest BCUT2D eigenvalue weighted by Crippen LogP contribution is 2.34. The first kappa shape index (κ1) is 21.9. The molecule has 8 heteroatoms. The lowest BCUT2D eigenvalue weighted by molar-refractivity contribution is 0.166.